The summed E-state index contributed by atoms with van der Waals surface area (Å²) in [6.45, 7) is 8.28. The lowest BCUT2D eigenvalue weighted by atomic mass is 9.47. The molecule has 35 heavy (non-hydrogen) atoms. The third kappa shape index (κ3) is 4.34. The van der Waals surface area contributed by atoms with Crippen molar-refractivity contribution in [1.29, 1.82) is 0 Å². The maximum Gasteiger partial charge on any atom is 0.310 e. The van der Waals surface area contributed by atoms with Gasteiger partial charge in [-0.1, -0.05) is 43.2 Å². The van der Waals surface area contributed by atoms with Gasteiger partial charge in [-0.15, -0.1) is 0 Å². The molecule has 0 spiro atoms. The van der Waals surface area contributed by atoms with E-state index >= 15 is 0 Å². The zero-order chi connectivity index (χ0) is 25.0. The largest absolute Gasteiger partial charge is 0.458 e. The first-order chi connectivity index (χ1) is 16.6. The third-order valence-corrected chi connectivity index (χ3v) is 10.6. The summed E-state index contributed by atoms with van der Waals surface area (Å²) in [5, 5.41) is 0.689. The lowest BCUT2D eigenvalue weighted by Gasteiger charge is -2.58. The molecule has 5 heteroatoms. The smallest absolute Gasteiger partial charge is 0.310 e. The number of allylic oxidation sites excluding steroid dienone is 1. The summed E-state index contributed by atoms with van der Waals surface area (Å²) in [4.78, 5) is 24.9. The summed E-state index contributed by atoms with van der Waals surface area (Å²) in [6, 6.07) is 7.58. The first-order valence-electron chi connectivity index (χ1n) is 13.5. The van der Waals surface area contributed by atoms with Crippen molar-refractivity contribution >= 4 is 23.5 Å². The van der Waals surface area contributed by atoms with Gasteiger partial charge in [0.25, 0.3) is 0 Å². The van der Waals surface area contributed by atoms with Gasteiger partial charge in [0.1, 0.15) is 12.2 Å². The Bertz CT molecular complexity index is 1020. The minimum absolute atomic E-state index is 0.0183. The SMILES string of the molecule is CC(=O)O[C@@H]1C=C2CC[C@H]3[C@@H]4CC[C@H](C(=O)O[C@H](C)c5ccc(Cl)cc5)[C@@]4(C)CC[C@@H]3[C@@]2(C)CC1. The Morgan fingerprint density at radius 1 is 1.00 bits per heavy atom. The Balaban J connectivity index is 1.30. The highest BCUT2D eigenvalue weighted by molar-refractivity contribution is 6.30. The molecule has 1 aromatic rings. The molecule has 4 nitrogen and oxygen atoms in total. The van der Waals surface area contributed by atoms with Crippen LogP contribution in [0.1, 0.15) is 90.7 Å². The van der Waals surface area contributed by atoms with Crippen molar-refractivity contribution < 1.29 is 19.1 Å². The van der Waals surface area contributed by atoms with E-state index in [4.69, 9.17) is 21.1 Å². The molecule has 4 aliphatic carbocycles. The Morgan fingerprint density at radius 3 is 2.46 bits per heavy atom. The van der Waals surface area contributed by atoms with Gasteiger partial charge in [-0.3, -0.25) is 9.59 Å². The van der Waals surface area contributed by atoms with Crippen LogP contribution in [-0.4, -0.2) is 18.0 Å². The molecule has 3 fully saturated rings. The van der Waals surface area contributed by atoms with Crippen molar-refractivity contribution in [3.63, 3.8) is 0 Å². The van der Waals surface area contributed by atoms with E-state index in [1.807, 2.05) is 31.2 Å². The maximum atomic E-state index is 13.4. The van der Waals surface area contributed by atoms with Crippen LogP contribution < -0.4 is 0 Å². The van der Waals surface area contributed by atoms with Crippen molar-refractivity contribution in [3.8, 4) is 0 Å². The highest BCUT2D eigenvalue weighted by Gasteiger charge is 2.60. The number of rotatable bonds is 4. The zero-order valence-corrected chi connectivity index (χ0v) is 22.3. The van der Waals surface area contributed by atoms with Crippen LogP contribution in [0, 0.1) is 34.5 Å². The van der Waals surface area contributed by atoms with Gasteiger partial charge in [0, 0.05) is 11.9 Å². The molecule has 0 saturated heterocycles. The molecule has 4 aliphatic rings. The van der Waals surface area contributed by atoms with Gasteiger partial charge in [-0.25, -0.2) is 0 Å². The van der Waals surface area contributed by atoms with Gasteiger partial charge in [-0.05, 0) is 111 Å². The summed E-state index contributed by atoms with van der Waals surface area (Å²) in [5.74, 6) is 1.66. The number of esters is 2. The summed E-state index contributed by atoms with van der Waals surface area (Å²) >= 11 is 6.02. The second-order valence-corrected chi connectivity index (χ2v) is 12.5. The molecular weight excluding hydrogens is 460 g/mol. The fourth-order valence-electron chi connectivity index (χ4n) is 8.45. The van der Waals surface area contributed by atoms with Crippen LogP contribution in [0.4, 0.5) is 0 Å². The third-order valence-electron chi connectivity index (χ3n) is 10.3. The number of carbonyl (C=O) groups excluding carboxylic acids is 2. The van der Waals surface area contributed by atoms with Crippen LogP contribution in [0.15, 0.2) is 35.9 Å². The average Bonchev–Trinajstić information content (AvgIpc) is 3.16. The minimum Gasteiger partial charge on any atom is -0.458 e. The van der Waals surface area contributed by atoms with E-state index in [1.54, 1.807) is 0 Å². The van der Waals surface area contributed by atoms with Gasteiger partial charge in [0.2, 0.25) is 0 Å². The molecular formula is C30H39ClO4. The first kappa shape index (κ1) is 24.9. The lowest BCUT2D eigenvalue weighted by molar-refractivity contribution is -0.161. The van der Waals surface area contributed by atoms with E-state index in [-0.39, 0.29) is 40.9 Å². The molecule has 0 aliphatic heterocycles. The van der Waals surface area contributed by atoms with Gasteiger partial charge in [0.15, 0.2) is 0 Å². The summed E-state index contributed by atoms with van der Waals surface area (Å²) < 4.78 is 11.6. The summed E-state index contributed by atoms with van der Waals surface area (Å²) in [7, 11) is 0. The Kier molecular flexibility index (Phi) is 6.57. The van der Waals surface area contributed by atoms with E-state index in [1.165, 1.54) is 25.3 Å². The number of hydrogen-bond acceptors (Lipinski definition) is 4. The number of ether oxygens (including phenoxy) is 2. The van der Waals surface area contributed by atoms with E-state index in [0.29, 0.717) is 22.8 Å². The highest BCUT2D eigenvalue weighted by atomic mass is 35.5. The van der Waals surface area contributed by atoms with Crippen LogP contribution in [0.25, 0.3) is 0 Å². The van der Waals surface area contributed by atoms with Crippen molar-refractivity contribution in [2.24, 2.45) is 34.5 Å². The van der Waals surface area contributed by atoms with Crippen LogP contribution in [0.5, 0.6) is 0 Å². The molecule has 0 heterocycles. The quantitative estimate of drug-likeness (QED) is 0.319. The van der Waals surface area contributed by atoms with Gasteiger partial charge in [-0.2, -0.15) is 0 Å². The van der Waals surface area contributed by atoms with Crippen LogP contribution in [0.2, 0.25) is 5.02 Å². The molecule has 0 unspecified atom stereocenters. The Labute approximate surface area is 214 Å². The molecule has 8 atom stereocenters. The molecule has 190 valence electrons. The van der Waals surface area contributed by atoms with Crippen LogP contribution >= 0.6 is 11.6 Å². The summed E-state index contributed by atoms with van der Waals surface area (Å²) in [6.07, 6.45) is 10.5. The van der Waals surface area contributed by atoms with Crippen molar-refractivity contribution in [2.45, 2.75) is 91.3 Å². The minimum atomic E-state index is -0.271. The van der Waals surface area contributed by atoms with Crippen LogP contribution in [-0.2, 0) is 19.1 Å². The fourth-order valence-corrected chi connectivity index (χ4v) is 8.57. The molecule has 0 amide bonds. The zero-order valence-electron chi connectivity index (χ0n) is 21.5. The number of hydrogen-bond donors (Lipinski definition) is 0. The molecule has 3 saturated carbocycles. The fraction of sp³-hybridized carbons (Fsp3) is 0.667. The normalized spacial score (nSPS) is 38.9. The number of halogens is 1. The predicted molar refractivity (Wildman–Crippen MR) is 137 cm³/mol. The molecule has 1 aromatic carbocycles. The highest BCUT2D eigenvalue weighted by Crippen LogP contribution is 2.67. The topological polar surface area (TPSA) is 52.6 Å². The molecule has 5 rings (SSSR count). The van der Waals surface area contributed by atoms with E-state index in [0.717, 1.165) is 44.1 Å². The second kappa shape index (κ2) is 9.25. The molecule has 0 radical (unpaired) electrons. The van der Waals surface area contributed by atoms with E-state index < -0.39 is 0 Å². The number of carbonyl (C=O) groups is 2. The predicted octanol–water partition coefficient (Wildman–Crippen LogP) is 7.45. The summed E-state index contributed by atoms with van der Waals surface area (Å²) in [5.41, 5.74) is 2.70. The number of benzene rings is 1. The average molecular weight is 499 g/mol. The van der Waals surface area contributed by atoms with E-state index in [2.05, 4.69) is 19.9 Å². The van der Waals surface area contributed by atoms with Gasteiger partial charge < -0.3 is 9.47 Å². The van der Waals surface area contributed by atoms with Crippen molar-refractivity contribution in [1.82, 2.24) is 0 Å². The number of fused-ring (bicyclic) bond motifs is 5. The lowest BCUT2D eigenvalue weighted by Crippen LogP contribution is -2.51. The first-order valence-corrected chi connectivity index (χ1v) is 13.8. The Hall–Kier alpha value is -1.81. The monoisotopic (exact) mass is 498 g/mol. The molecule has 0 bridgehead atoms. The van der Waals surface area contributed by atoms with Gasteiger partial charge >= 0.3 is 11.9 Å². The van der Waals surface area contributed by atoms with Crippen LogP contribution in [0.3, 0.4) is 0 Å². The Morgan fingerprint density at radius 2 is 1.74 bits per heavy atom. The van der Waals surface area contributed by atoms with Crippen molar-refractivity contribution in [2.75, 3.05) is 0 Å². The van der Waals surface area contributed by atoms with Gasteiger partial charge in [0.05, 0.1) is 5.92 Å². The van der Waals surface area contributed by atoms with Crippen molar-refractivity contribution in [3.05, 3.63) is 46.5 Å². The maximum absolute atomic E-state index is 13.4. The second-order valence-electron chi connectivity index (χ2n) is 12.0. The molecule has 0 aromatic heterocycles. The molecule has 0 N–H and O–H groups in total. The van der Waals surface area contributed by atoms with E-state index in [9.17, 15) is 9.59 Å². The standard InChI is InChI=1S/C30H39ClO4/c1-18(20-5-8-22(31)9-6-20)34-28(33)27-12-11-25-24-10-7-21-17-23(35-19(2)32)13-15-29(21,3)26(24)14-16-30(25,27)4/h5-6,8-9,17-18,23-27H,7,10-16H2,1-4H3/t18-,23+,24+,25+,26+,27-,29+,30+/m1/s1.